The van der Waals surface area contributed by atoms with E-state index >= 15 is 0 Å². The third-order valence-corrected chi connectivity index (χ3v) is 4.91. The van der Waals surface area contributed by atoms with Crippen molar-refractivity contribution in [3.05, 3.63) is 35.4 Å². The number of aliphatic hydroxyl groups excluding tert-OH is 1. The summed E-state index contributed by atoms with van der Waals surface area (Å²) < 4.78 is 0. The quantitative estimate of drug-likeness (QED) is 0.716. The van der Waals surface area contributed by atoms with Crippen molar-refractivity contribution >= 4 is 11.8 Å². The van der Waals surface area contributed by atoms with E-state index in [1.165, 1.54) is 0 Å². The van der Waals surface area contributed by atoms with Crippen LogP contribution in [0.25, 0.3) is 0 Å². The van der Waals surface area contributed by atoms with Gasteiger partial charge >= 0.3 is 0 Å². The summed E-state index contributed by atoms with van der Waals surface area (Å²) in [7, 11) is 0. The smallest absolute Gasteiger partial charge is 0.251 e. The van der Waals surface area contributed by atoms with Gasteiger partial charge in [0.15, 0.2) is 0 Å². The van der Waals surface area contributed by atoms with Gasteiger partial charge in [-0.2, -0.15) is 0 Å². The summed E-state index contributed by atoms with van der Waals surface area (Å²) >= 11 is 0. The molecule has 2 atom stereocenters. The minimum absolute atomic E-state index is 0.0130. The molecule has 2 unspecified atom stereocenters. The molecule has 5 nitrogen and oxygen atoms in total. The van der Waals surface area contributed by atoms with Gasteiger partial charge < -0.3 is 15.7 Å². The molecule has 0 aromatic heterocycles. The maximum atomic E-state index is 12.2. The molecule has 0 spiro atoms. The molecule has 132 valence electrons. The molecule has 2 rings (SSSR count). The minimum atomic E-state index is -0.149. The molecule has 0 radical (unpaired) electrons. The molecule has 1 fully saturated rings. The highest BCUT2D eigenvalue weighted by molar-refractivity contribution is 5.94. The van der Waals surface area contributed by atoms with Gasteiger partial charge in [-0.05, 0) is 43.4 Å². The zero-order valence-corrected chi connectivity index (χ0v) is 14.5. The first-order chi connectivity index (χ1) is 11.5. The van der Waals surface area contributed by atoms with Gasteiger partial charge in [0, 0.05) is 30.7 Å². The number of hydrogen-bond acceptors (Lipinski definition) is 3. The van der Waals surface area contributed by atoms with Crippen LogP contribution >= 0.6 is 0 Å². The van der Waals surface area contributed by atoms with Crippen LogP contribution in [0.1, 0.15) is 55.5 Å². The summed E-state index contributed by atoms with van der Waals surface area (Å²) in [5.41, 5.74) is 1.56. The molecule has 1 aliphatic carbocycles. The Morgan fingerprint density at radius 2 is 1.79 bits per heavy atom. The first kappa shape index (κ1) is 18.5. The van der Waals surface area contributed by atoms with E-state index in [2.05, 4.69) is 10.6 Å². The highest BCUT2D eigenvalue weighted by atomic mass is 16.3. The molecule has 1 aliphatic rings. The van der Waals surface area contributed by atoms with Crippen molar-refractivity contribution in [3.8, 4) is 0 Å². The largest absolute Gasteiger partial charge is 0.396 e. The number of carbonyl (C=O) groups excluding carboxylic acids is 2. The fourth-order valence-electron chi connectivity index (χ4n) is 2.89. The first-order valence-corrected chi connectivity index (χ1v) is 8.79. The highest BCUT2D eigenvalue weighted by Crippen LogP contribution is 2.24. The number of rotatable bonds is 7. The summed E-state index contributed by atoms with van der Waals surface area (Å²) in [6.45, 7) is 4.31. The van der Waals surface area contributed by atoms with E-state index in [1.54, 1.807) is 12.1 Å². The van der Waals surface area contributed by atoms with Gasteiger partial charge in [-0.15, -0.1) is 0 Å². The van der Waals surface area contributed by atoms with Crippen molar-refractivity contribution in [1.29, 1.82) is 0 Å². The van der Waals surface area contributed by atoms with Crippen LogP contribution in [0.2, 0.25) is 0 Å². The van der Waals surface area contributed by atoms with E-state index in [0.717, 1.165) is 31.2 Å². The van der Waals surface area contributed by atoms with Gasteiger partial charge in [0.25, 0.3) is 5.91 Å². The molecule has 0 heterocycles. The summed E-state index contributed by atoms with van der Waals surface area (Å²) in [5, 5.41) is 15.0. The number of carbonyl (C=O) groups is 2. The highest BCUT2D eigenvalue weighted by Gasteiger charge is 2.22. The average Bonchev–Trinajstić information content (AvgIpc) is 3.14. The molecule has 1 saturated carbocycles. The topological polar surface area (TPSA) is 78.4 Å². The second-order valence-electron chi connectivity index (χ2n) is 6.82. The van der Waals surface area contributed by atoms with Gasteiger partial charge in [0.2, 0.25) is 5.91 Å². The van der Waals surface area contributed by atoms with Crippen molar-refractivity contribution < 1.29 is 14.7 Å². The SMILES string of the molecule is CC(CO)C(C)NC(=O)c1ccc(CNC(=O)C2CCCC2)cc1. The van der Waals surface area contributed by atoms with Crippen molar-refractivity contribution in [2.75, 3.05) is 6.61 Å². The molecule has 1 aromatic rings. The van der Waals surface area contributed by atoms with Gasteiger partial charge in [0.1, 0.15) is 0 Å². The predicted octanol–water partition coefficient (Wildman–Crippen LogP) is 2.24. The Kier molecular flexibility index (Phi) is 6.79. The number of nitrogens with one attached hydrogen (secondary N) is 2. The molecule has 3 N–H and O–H groups in total. The van der Waals surface area contributed by atoms with E-state index < -0.39 is 0 Å². The van der Waals surface area contributed by atoms with Crippen LogP contribution in [-0.4, -0.2) is 29.6 Å². The Bertz CT molecular complexity index is 550. The second-order valence-corrected chi connectivity index (χ2v) is 6.82. The van der Waals surface area contributed by atoms with Crippen LogP contribution in [0.15, 0.2) is 24.3 Å². The molecule has 0 saturated heterocycles. The molecular formula is C19H28N2O3. The van der Waals surface area contributed by atoms with E-state index in [4.69, 9.17) is 5.11 Å². The van der Waals surface area contributed by atoms with Crippen molar-refractivity contribution in [1.82, 2.24) is 10.6 Å². The maximum Gasteiger partial charge on any atom is 0.251 e. The Hall–Kier alpha value is -1.88. The summed E-state index contributed by atoms with van der Waals surface area (Å²) in [6.07, 6.45) is 4.29. The van der Waals surface area contributed by atoms with Gasteiger partial charge in [-0.3, -0.25) is 9.59 Å². The van der Waals surface area contributed by atoms with Crippen molar-refractivity contribution in [2.24, 2.45) is 11.8 Å². The fraction of sp³-hybridized carbons (Fsp3) is 0.579. The molecular weight excluding hydrogens is 304 g/mol. The Morgan fingerprint density at radius 3 is 2.38 bits per heavy atom. The van der Waals surface area contributed by atoms with Crippen molar-refractivity contribution in [3.63, 3.8) is 0 Å². The Morgan fingerprint density at radius 1 is 1.17 bits per heavy atom. The van der Waals surface area contributed by atoms with Crippen molar-refractivity contribution in [2.45, 2.75) is 52.1 Å². The molecule has 0 bridgehead atoms. The van der Waals surface area contributed by atoms with Gasteiger partial charge in [0.05, 0.1) is 0 Å². The monoisotopic (exact) mass is 332 g/mol. The normalized spacial score (nSPS) is 17.3. The van der Waals surface area contributed by atoms with Crippen LogP contribution < -0.4 is 10.6 Å². The molecule has 5 heteroatoms. The van der Waals surface area contributed by atoms with Gasteiger partial charge in [-0.1, -0.05) is 31.9 Å². The molecule has 24 heavy (non-hydrogen) atoms. The number of benzene rings is 1. The summed E-state index contributed by atoms with van der Waals surface area (Å²) in [6, 6.07) is 7.17. The minimum Gasteiger partial charge on any atom is -0.396 e. The number of aliphatic hydroxyl groups is 1. The van der Waals surface area contributed by atoms with E-state index in [9.17, 15) is 9.59 Å². The zero-order valence-electron chi connectivity index (χ0n) is 14.5. The Balaban J connectivity index is 1.83. The van der Waals surface area contributed by atoms with Crippen LogP contribution in [0.4, 0.5) is 0 Å². The van der Waals surface area contributed by atoms with Crippen LogP contribution in [0, 0.1) is 11.8 Å². The number of hydrogen-bond donors (Lipinski definition) is 3. The lowest BCUT2D eigenvalue weighted by Crippen LogP contribution is -2.38. The second kappa shape index (κ2) is 8.83. The predicted molar refractivity (Wildman–Crippen MR) is 93.4 cm³/mol. The third kappa shape index (κ3) is 5.06. The lowest BCUT2D eigenvalue weighted by atomic mass is 10.0. The van der Waals surface area contributed by atoms with E-state index in [1.807, 2.05) is 26.0 Å². The maximum absolute atomic E-state index is 12.2. The molecule has 0 aliphatic heterocycles. The van der Waals surface area contributed by atoms with Crippen LogP contribution in [0.5, 0.6) is 0 Å². The third-order valence-electron chi connectivity index (χ3n) is 4.91. The van der Waals surface area contributed by atoms with E-state index in [0.29, 0.717) is 12.1 Å². The van der Waals surface area contributed by atoms with Crippen LogP contribution in [-0.2, 0) is 11.3 Å². The van der Waals surface area contributed by atoms with Gasteiger partial charge in [-0.25, -0.2) is 0 Å². The van der Waals surface area contributed by atoms with E-state index in [-0.39, 0.29) is 36.3 Å². The van der Waals surface area contributed by atoms with Crippen LogP contribution in [0.3, 0.4) is 0 Å². The lowest BCUT2D eigenvalue weighted by Gasteiger charge is -2.19. The first-order valence-electron chi connectivity index (χ1n) is 8.79. The molecule has 1 aromatic carbocycles. The Labute approximate surface area is 143 Å². The summed E-state index contributed by atoms with van der Waals surface area (Å²) in [5.74, 6) is 0.176. The zero-order chi connectivity index (χ0) is 17.5. The standard InChI is InChI=1S/C19H28N2O3/c1-13(12-22)14(2)21-19(24)17-9-7-15(8-10-17)11-20-18(23)16-5-3-4-6-16/h7-10,13-14,16,22H,3-6,11-12H2,1-2H3,(H,20,23)(H,21,24). The molecule has 2 amide bonds. The fourth-order valence-corrected chi connectivity index (χ4v) is 2.89. The average molecular weight is 332 g/mol. The number of amides is 2. The lowest BCUT2D eigenvalue weighted by molar-refractivity contribution is -0.124. The summed E-state index contributed by atoms with van der Waals surface area (Å²) in [4.78, 5) is 24.2.